The third kappa shape index (κ3) is 4.75. The van der Waals surface area contributed by atoms with Gasteiger partial charge in [0.15, 0.2) is 6.61 Å². The number of piperazine rings is 1. The van der Waals surface area contributed by atoms with E-state index in [1.165, 1.54) is 0 Å². The van der Waals surface area contributed by atoms with E-state index in [4.69, 9.17) is 4.74 Å². The first kappa shape index (κ1) is 21.7. The lowest BCUT2D eigenvalue weighted by molar-refractivity contribution is -0.134. The van der Waals surface area contributed by atoms with Crippen molar-refractivity contribution in [3.8, 4) is 5.75 Å². The average Bonchev–Trinajstić information content (AvgIpc) is 2.76. The van der Waals surface area contributed by atoms with Crippen LogP contribution in [0.1, 0.15) is 27.0 Å². The van der Waals surface area contributed by atoms with Crippen molar-refractivity contribution in [3.05, 3.63) is 58.7 Å². The molecule has 6 heteroatoms. The van der Waals surface area contributed by atoms with Crippen molar-refractivity contribution in [3.63, 3.8) is 0 Å². The van der Waals surface area contributed by atoms with Gasteiger partial charge in [0.2, 0.25) is 0 Å². The number of hydrogen-bond donors (Lipinski definition) is 0. The van der Waals surface area contributed by atoms with Gasteiger partial charge in [-0.15, -0.1) is 0 Å². The first-order valence-corrected chi connectivity index (χ1v) is 10.3. The fourth-order valence-corrected chi connectivity index (χ4v) is 3.62. The van der Waals surface area contributed by atoms with E-state index >= 15 is 0 Å². The maximum absolute atomic E-state index is 12.8. The first-order valence-electron chi connectivity index (χ1n) is 10.3. The quantitative estimate of drug-likeness (QED) is 0.762. The van der Waals surface area contributed by atoms with E-state index in [1.54, 1.807) is 4.90 Å². The van der Waals surface area contributed by atoms with Gasteiger partial charge in [-0.05, 0) is 61.7 Å². The van der Waals surface area contributed by atoms with Crippen LogP contribution in [0.3, 0.4) is 0 Å². The van der Waals surface area contributed by atoms with Crippen LogP contribution in [0.2, 0.25) is 0 Å². The van der Waals surface area contributed by atoms with Crippen LogP contribution in [0, 0.1) is 20.8 Å². The third-order valence-corrected chi connectivity index (χ3v) is 5.76. The van der Waals surface area contributed by atoms with Gasteiger partial charge in [-0.25, -0.2) is 0 Å². The van der Waals surface area contributed by atoms with Crippen molar-refractivity contribution in [2.75, 3.05) is 51.8 Å². The van der Waals surface area contributed by atoms with Crippen molar-refractivity contribution in [1.29, 1.82) is 0 Å². The summed E-state index contributed by atoms with van der Waals surface area (Å²) in [4.78, 5) is 31.0. The summed E-state index contributed by atoms with van der Waals surface area (Å²) in [6.07, 6.45) is 0. The van der Waals surface area contributed by atoms with E-state index < -0.39 is 0 Å². The number of benzene rings is 2. The zero-order valence-corrected chi connectivity index (χ0v) is 18.6. The molecule has 2 aromatic rings. The maximum atomic E-state index is 12.8. The number of ether oxygens (including phenoxy) is 1. The molecule has 1 aliphatic rings. The second-order valence-corrected chi connectivity index (χ2v) is 8.06. The number of anilines is 1. The molecule has 1 fully saturated rings. The number of amides is 2. The molecule has 0 saturated carbocycles. The standard InChI is InChI=1S/C24H31N3O3/c1-17-6-7-18(2)23(19(17)3)30-16-22(28)26-12-14-27(15-13-26)24(29)20-8-10-21(11-9-20)25(4)5/h6-11H,12-16H2,1-5H3. The van der Waals surface area contributed by atoms with Crippen LogP contribution in [0.25, 0.3) is 0 Å². The second kappa shape index (κ2) is 9.20. The highest BCUT2D eigenvalue weighted by Gasteiger charge is 2.25. The smallest absolute Gasteiger partial charge is 0.260 e. The summed E-state index contributed by atoms with van der Waals surface area (Å²) in [6.45, 7) is 8.16. The fourth-order valence-electron chi connectivity index (χ4n) is 3.62. The Morgan fingerprint density at radius 2 is 1.43 bits per heavy atom. The minimum atomic E-state index is -0.0438. The molecule has 6 nitrogen and oxygen atoms in total. The molecule has 0 atom stereocenters. The van der Waals surface area contributed by atoms with Gasteiger partial charge in [0.25, 0.3) is 11.8 Å². The zero-order chi connectivity index (χ0) is 21.8. The molecule has 1 aliphatic heterocycles. The van der Waals surface area contributed by atoms with Crippen LogP contribution in [-0.2, 0) is 4.79 Å². The largest absolute Gasteiger partial charge is 0.483 e. The van der Waals surface area contributed by atoms with Crippen molar-refractivity contribution in [2.45, 2.75) is 20.8 Å². The molecular formula is C24H31N3O3. The molecular weight excluding hydrogens is 378 g/mol. The highest BCUT2D eigenvalue weighted by molar-refractivity contribution is 5.94. The van der Waals surface area contributed by atoms with Gasteiger partial charge in [-0.1, -0.05) is 12.1 Å². The van der Waals surface area contributed by atoms with E-state index in [0.717, 1.165) is 28.1 Å². The molecule has 30 heavy (non-hydrogen) atoms. The number of nitrogens with zero attached hydrogens (tertiary/aromatic N) is 3. The van der Waals surface area contributed by atoms with Gasteiger partial charge >= 0.3 is 0 Å². The summed E-state index contributed by atoms with van der Waals surface area (Å²) in [7, 11) is 3.94. The van der Waals surface area contributed by atoms with Gasteiger partial charge in [0.05, 0.1) is 0 Å². The summed E-state index contributed by atoms with van der Waals surface area (Å²) in [5, 5.41) is 0. The molecule has 0 bridgehead atoms. The number of rotatable bonds is 5. The van der Waals surface area contributed by atoms with Crippen LogP contribution < -0.4 is 9.64 Å². The Labute approximate surface area is 179 Å². The zero-order valence-electron chi connectivity index (χ0n) is 18.6. The summed E-state index contributed by atoms with van der Waals surface area (Å²) in [5.74, 6) is 0.755. The number of aryl methyl sites for hydroxylation is 2. The van der Waals surface area contributed by atoms with E-state index in [-0.39, 0.29) is 18.4 Å². The van der Waals surface area contributed by atoms with Gasteiger partial charge < -0.3 is 19.4 Å². The topological polar surface area (TPSA) is 53.1 Å². The normalized spacial score (nSPS) is 13.9. The minimum Gasteiger partial charge on any atom is -0.483 e. The average molecular weight is 410 g/mol. The van der Waals surface area contributed by atoms with Crippen molar-refractivity contribution in [2.24, 2.45) is 0 Å². The Balaban J connectivity index is 1.53. The lowest BCUT2D eigenvalue weighted by Gasteiger charge is -2.35. The monoisotopic (exact) mass is 409 g/mol. The van der Waals surface area contributed by atoms with Crippen LogP contribution in [0.5, 0.6) is 5.75 Å². The summed E-state index contributed by atoms with van der Waals surface area (Å²) in [5.41, 5.74) is 4.98. The van der Waals surface area contributed by atoms with Crippen LogP contribution in [0.4, 0.5) is 5.69 Å². The Morgan fingerprint density at radius 1 is 0.867 bits per heavy atom. The molecule has 2 aromatic carbocycles. The number of hydrogen-bond acceptors (Lipinski definition) is 4. The van der Waals surface area contributed by atoms with E-state index in [1.807, 2.05) is 75.0 Å². The highest BCUT2D eigenvalue weighted by Crippen LogP contribution is 2.25. The van der Waals surface area contributed by atoms with Crippen molar-refractivity contribution in [1.82, 2.24) is 9.80 Å². The lowest BCUT2D eigenvalue weighted by Crippen LogP contribution is -2.51. The molecule has 0 aromatic heterocycles. The Morgan fingerprint density at radius 3 is 2.03 bits per heavy atom. The maximum Gasteiger partial charge on any atom is 0.260 e. The number of carbonyl (C=O) groups is 2. The molecule has 1 heterocycles. The molecule has 0 radical (unpaired) electrons. The van der Waals surface area contributed by atoms with Gasteiger partial charge in [-0.2, -0.15) is 0 Å². The van der Waals surface area contributed by atoms with Crippen LogP contribution in [0.15, 0.2) is 36.4 Å². The summed E-state index contributed by atoms with van der Waals surface area (Å²) >= 11 is 0. The minimum absolute atomic E-state index is 0.00895. The predicted octanol–water partition coefficient (Wildman–Crippen LogP) is 3.04. The Hall–Kier alpha value is -3.02. The Bertz CT molecular complexity index is 914. The molecule has 3 rings (SSSR count). The predicted molar refractivity (Wildman–Crippen MR) is 119 cm³/mol. The highest BCUT2D eigenvalue weighted by atomic mass is 16.5. The molecule has 2 amide bonds. The van der Waals surface area contributed by atoms with E-state index in [9.17, 15) is 9.59 Å². The number of carbonyl (C=O) groups excluding carboxylic acids is 2. The molecule has 0 aliphatic carbocycles. The second-order valence-electron chi connectivity index (χ2n) is 8.06. The van der Waals surface area contributed by atoms with Gasteiger partial charge in [-0.3, -0.25) is 9.59 Å². The van der Waals surface area contributed by atoms with E-state index in [0.29, 0.717) is 31.7 Å². The van der Waals surface area contributed by atoms with Gasteiger partial charge in [0.1, 0.15) is 5.75 Å². The molecule has 0 N–H and O–H groups in total. The van der Waals surface area contributed by atoms with Crippen LogP contribution in [-0.4, -0.2) is 68.5 Å². The SMILES string of the molecule is Cc1ccc(C)c(OCC(=O)N2CCN(C(=O)c3ccc(N(C)C)cc3)CC2)c1C. The van der Waals surface area contributed by atoms with Crippen LogP contribution >= 0.6 is 0 Å². The Kier molecular flexibility index (Phi) is 6.65. The lowest BCUT2D eigenvalue weighted by atomic mass is 10.1. The fraction of sp³-hybridized carbons (Fsp3) is 0.417. The molecule has 160 valence electrons. The first-order chi connectivity index (χ1) is 14.3. The molecule has 0 unspecified atom stereocenters. The third-order valence-electron chi connectivity index (χ3n) is 5.76. The van der Waals surface area contributed by atoms with Gasteiger partial charge in [0, 0.05) is 51.5 Å². The van der Waals surface area contributed by atoms with Crippen molar-refractivity contribution >= 4 is 17.5 Å². The van der Waals surface area contributed by atoms with Crippen molar-refractivity contribution < 1.29 is 14.3 Å². The molecule has 1 saturated heterocycles. The summed E-state index contributed by atoms with van der Waals surface area (Å²) < 4.78 is 5.86. The van der Waals surface area contributed by atoms with E-state index in [2.05, 4.69) is 6.07 Å². The summed E-state index contributed by atoms with van der Waals surface area (Å²) in [6, 6.07) is 11.7. The molecule has 0 spiro atoms.